The van der Waals surface area contributed by atoms with Crippen molar-refractivity contribution in [2.75, 3.05) is 5.75 Å². The number of benzene rings is 1. The van der Waals surface area contributed by atoms with Crippen molar-refractivity contribution in [3.8, 4) is 6.07 Å². The first kappa shape index (κ1) is 16.8. The van der Waals surface area contributed by atoms with E-state index in [-0.39, 0.29) is 11.7 Å². The van der Waals surface area contributed by atoms with Crippen LogP contribution in [0.15, 0.2) is 22.7 Å². The van der Waals surface area contributed by atoms with Crippen LogP contribution in [0.4, 0.5) is 4.39 Å². The van der Waals surface area contributed by atoms with Crippen LogP contribution in [0.1, 0.15) is 32.3 Å². The van der Waals surface area contributed by atoms with Crippen LogP contribution in [0.3, 0.4) is 0 Å². The van der Waals surface area contributed by atoms with Crippen molar-refractivity contribution in [1.29, 1.82) is 5.26 Å². The molecule has 2 rings (SSSR count). The van der Waals surface area contributed by atoms with Crippen LogP contribution in [-0.4, -0.2) is 16.3 Å². The van der Waals surface area contributed by atoms with E-state index in [1.54, 1.807) is 6.07 Å². The van der Waals surface area contributed by atoms with E-state index >= 15 is 0 Å². The molecule has 0 aliphatic heterocycles. The average Bonchev–Trinajstić information content (AvgIpc) is 3.20. The van der Waals surface area contributed by atoms with Gasteiger partial charge in [0.2, 0.25) is 0 Å². The minimum Gasteiger partial charge on any atom is -0.598 e. The van der Waals surface area contributed by atoms with E-state index < -0.39 is 22.8 Å². The molecule has 1 N–H and O–H groups in total. The fourth-order valence-electron chi connectivity index (χ4n) is 2.43. The molecule has 1 unspecified atom stereocenters. The van der Waals surface area contributed by atoms with Gasteiger partial charge in [0.25, 0.3) is 0 Å². The Balaban J connectivity index is 2.17. The Bertz CT molecular complexity index is 557. The molecule has 3 nitrogen and oxygen atoms in total. The lowest BCUT2D eigenvalue weighted by molar-refractivity contribution is 0.520. The summed E-state index contributed by atoms with van der Waals surface area (Å²) in [7, 11) is 0. The zero-order chi connectivity index (χ0) is 15.6. The normalized spacial score (nSPS) is 19.1. The van der Waals surface area contributed by atoms with Crippen LogP contribution in [0.5, 0.6) is 0 Å². The molecule has 1 aromatic rings. The van der Waals surface area contributed by atoms with Gasteiger partial charge in [0.1, 0.15) is 17.6 Å². The van der Waals surface area contributed by atoms with Crippen molar-refractivity contribution in [2.24, 2.45) is 5.92 Å². The number of nitriles is 1. The highest BCUT2D eigenvalue weighted by Crippen LogP contribution is 2.51. The molecule has 2 atom stereocenters. The standard InChI is InChI=1S/C15H18BrFN2OS/c1-10(2)9-21(20)19-14(8-18)15(5-6-15)11-3-4-12(16)13(17)7-11/h3-4,7,10,14,19H,5-6,9H2,1-2H3/t14-,21?/m1/s1. The Morgan fingerprint density at radius 3 is 2.67 bits per heavy atom. The Morgan fingerprint density at radius 1 is 1.52 bits per heavy atom. The first-order valence-electron chi connectivity index (χ1n) is 6.89. The number of rotatable bonds is 6. The van der Waals surface area contributed by atoms with Gasteiger partial charge >= 0.3 is 0 Å². The first-order chi connectivity index (χ1) is 9.89. The fraction of sp³-hybridized carbons (Fsp3) is 0.533. The van der Waals surface area contributed by atoms with Crippen LogP contribution in [0, 0.1) is 23.1 Å². The van der Waals surface area contributed by atoms with E-state index in [4.69, 9.17) is 0 Å². The largest absolute Gasteiger partial charge is 0.598 e. The number of nitrogens with one attached hydrogen (secondary N) is 1. The molecule has 1 saturated carbocycles. The molecule has 0 aromatic heterocycles. The average molecular weight is 373 g/mol. The topological polar surface area (TPSA) is 58.9 Å². The van der Waals surface area contributed by atoms with Crippen molar-refractivity contribution in [3.05, 3.63) is 34.1 Å². The summed E-state index contributed by atoms with van der Waals surface area (Å²) >= 11 is 1.89. The summed E-state index contributed by atoms with van der Waals surface area (Å²) in [5.74, 6) is 0.458. The minimum atomic E-state index is -1.25. The van der Waals surface area contributed by atoms with Gasteiger partial charge in [-0.2, -0.15) is 5.26 Å². The van der Waals surface area contributed by atoms with Gasteiger partial charge in [-0.25, -0.2) is 4.39 Å². The maximum Gasteiger partial charge on any atom is 0.148 e. The van der Waals surface area contributed by atoms with E-state index in [0.29, 0.717) is 10.2 Å². The van der Waals surface area contributed by atoms with Crippen molar-refractivity contribution in [2.45, 2.75) is 38.1 Å². The second kappa shape index (κ2) is 6.66. The molecule has 114 valence electrons. The van der Waals surface area contributed by atoms with Gasteiger partial charge in [0.05, 0.1) is 10.5 Å². The summed E-state index contributed by atoms with van der Waals surface area (Å²) in [6.45, 7) is 3.97. The van der Waals surface area contributed by atoms with Crippen LogP contribution >= 0.6 is 15.9 Å². The van der Waals surface area contributed by atoms with E-state index in [9.17, 15) is 14.2 Å². The smallest absolute Gasteiger partial charge is 0.148 e. The highest BCUT2D eigenvalue weighted by Gasteiger charge is 2.53. The lowest BCUT2D eigenvalue weighted by Gasteiger charge is -2.24. The van der Waals surface area contributed by atoms with Crippen molar-refractivity contribution >= 4 is 27.3 Å². The lowest BCUT2D eigenvalue weighted by Crippen LogP contribution is -2.44. The highest BCUT2D eigenvalue weighted by molar-refractivity contribution is 9.10. The van der Waals surface area contributed by atoms with Crippen molar-refractivity contribution in [1.82, 2.24) is 4.72 Å². The summed E-state index contributed by atoms with van der Waals surface area (Å²) < 4.78 is 29.1. The van der Waals surface area contributed by atoms with Gasteiger partial charge in [0, 0.05) is 16.8 Å². The maximum atomic E-state index is 13.7. The summed E-state index contributed by atoms with van der Waals surface area (Å²) in [5, 5.41) is 9.42. The van der Waals surface area contributed by atoms with Gasteiger partial charge < -0.3 is 4.55 Å². The third-order valence-electron chi connectivity index (χ3n) is 3.70. The monoisotopic (exact) mass is 372 g/mol. The summed E-state index contributed by atoms with van der Waals surface area (Å²) in [6, 6.07) is 6.60. The van der Waals surface area contributed by atoms with E-state index in [1.807, 2.05) is 19.9 Å². The Morgan fingerprint density at radius 2 is 2.19 bits per heavy atom. The van der Waals surface area contributed by atoms with Crippen LogP contribution in [0.25, 0.3) is 0 Å². The molecule has 0 saturated heterocycles. The molecule has 1 aliphatic carbocycles. The van der Waals surface area contributed by atoms with E-state index in [0.717, 1.165) is 18.4 Å². The highest BCUT2D eigenvalue weighted by atomic mass is 79.9. The van der Waals surface area contributed by atoms with E-state index in [2.05, 4.69) is 26.7 Å². The Hall–Kier alpha value is -0.610. The molecule has 0 spiro atoms. The van der Waals surface area contributed by atoms with Crippen molar-refractivity contribution in [3.63, 3.8) is 0 Å². The number of hydrogen-bond donors (Lipinski definition) is 1. The number of nitrogens with zero attached hydrogens (tertiary/aromatic N) is 1. The third-order valence-corrected chi connectivity index (χ3v) is 5.81. The molecule has 0 heterocycles. The quantitative estimate of drug-likeness (QED) is 0.778. The second-order valence-corrected chi connectivity index (χ2v) is 7.99. The summed E-state index contributed by atoms with van der Waals surface area (Å²) in [6.07, 6.45) is 1.61. The van der Waals surface area contributed by atoms with Crippen LogP contribution in [0.2, 0.25) is 0 Å². The SMILES string of the molecule is CC(C)C[S+]([O-])N[C@H](C#N)C1(c2ccc(Br)c(F)c2)CC1. The van der Waals surface area contributed by atoms with Gasteiger partial charge in [-0.15, -0.1) is 4.72 Å². The number of halogens is 2. The molecule has 21 heavy (non-hydrogen) atoms. The van der Waals surface area contributed by atoms with Gasteiger partial charge in [-0.1, -0.05) is 19.9 Å². The number of hydrogen-bond acceptors (Lipinski definition) is 3. The predicted octanol–water partition coefficient (Wildman–Crippen LogP) is 3.42. The van der Waals surface area contributed by atoms with Gasteiger partial charge in [0.15, 0.2) is 0 Å². The molecule has 1 aliphatic rings. The lowest BCUT2D eigenvalue weighted by atomic mass is 9.89. The summed E-state index contributed by atoms with van der Waals surface area (Å²) in [4.78, 5) is 0. The molecule has 1 fully saturated rings. The molecule has 0 radical (unpaired) electrons. The molecule has 6 heteroatoms. The maximum absolute atomic E-state index is 13.7. The second-order valence-electron chi connectivity index (χ2n) is 5.87. The zero-order valence-electron chi connectivity index (χ0n) is 12.0. The molecule has 0 bridgehead atoms. The third kappa shape index (κ3) is 3.78. The van der Waals surface area contributed by atoms with Gasteiger partial charge in [-0.05, 0) is 52.4 Å². The molecular weight excluding hydrogens is 355 g/mol. The van der Waals surface area contributed by atoms with E-state index in [1.165, 1.54) is 6.07 Å². The van der Waals surface area contributed by atoms with Crippen LogP contribution in [-0.2, 0) is 16.8 Å². The Labute approximate surface area is 136 Å². The molecule has 0 amide bonds. The molecule has 1 aromatic carbocycles. The van der Waals surface area contributed by atoms with Crippen LogP contribution < -0.4 is 4.72 Å². The van der Waals surface area contributed by atoms with Gasteiger partial charge in [-0.3, -0.25) is 0 Å². The predicted molar refractivity (Wildman–Crippen MR) is 85.4 cm³/mol. The fourth-order valence-corrected chi connectivity index (χ4v) is 3.92. The first-order valence-corrected chi connectivity index (χ1v) is 9.00. The Kier molecular flexibility index (Phi) is 5.31. The molecular formula is C15H18BrFN2OS. The summed E-state index contributed by atoms with van der Waals surface area (Å²) in [5.41, 5.74) is 0.381. The minimum absolute atomic E-state index is 0.290. The van der Waals surface area contributed by atoms with Crippen molar-refractivity contribution < 1.29 is 8.94 Å². The zero-order valence-corrected chi connectivity index (χ0v) is 14.4.